The number of amides is 1. The maximum Gasteiger partial charge on any atom is 0.257 e. The van der Waals surface area contributed by atoms with Crippen LogP contribution in [0, 0.1) is 32.8 Å². The summed E-state index contributed by atoms with van der Waals surface area (Å²) in [7, 11) is 0. The lowest BCUT2D eigenvalue weighted by molar-refractivity contribution is 0.0951. The number of nitriles is 1. The number of H-pyrrole nitrogens is 3. The Hall–Kier alpha value is -4.39. The van der Waals surface area contributed by atoms with Crippen LogP contribution in [0.2, 0.25) is 0 Å². The summed E-state index contributed by atoms with van der Waals surface area (Å²) in [6, 6.07) is 6.71. The van der Waals surface area contributed by atoms with Crippen molar-refractivity contribution in [3.8, 4) is 6.07 Å². The summed E-state index contributed by atoms with van der Waals surface area (Å²) in [5.41, 5.74) is 0.607. The standard InChI is InChI=1S/C20H17N7O3/c21-8-10-6-11-16(25-10)7-12-17-15(27-20(12)29)3-2-14(26-17)13(9-22)18(23)30-5-1-4-24-19(11)28/h2-3,6-7,9,22-23,25-26H,1,4-5H2,(H,24,28)(H,27,29)/b12-7-,14-13-,22-9?,23-18?. The topological polar surface area (TPSA) is 174 Å². The molecule has 0 aliphatic carbocycles. The summed E-state index contributed by atoms with van der Waals surface area (Å²) < 4.78 is 5.42. The van der Waals surface area contributed by atoms with Crippen molar-refractivity contribution < 1.29 is 9.53 Å². The molecule has 2 bridgehead atoms. The van der Waals surface area contributed by atoms with Crippen LogP contribution in [0.5, 0.6) is 0 Å². The summed E-state index contributed by atoms with van der Waals surface area (Å²) in [4.78, 5) is 33.8. The highest BCUT2D eigenvalue weighted by Crippen LogP contribution is 2.11. The molecule has 0 aromatic carbocycles. The lowest BCUT2D eigenvalue weighted by Crippen LogP contribution is -2.27. The molecule has 10 nitrogen and oxygen atoms in total. The van der Waals surface area contributed by atoms with Gasteiger partial charge in [0.05, 0.1) is 44.7 Å². The van der Waals surface area contributed by atoms with Crippen molar-refractivity contribution in [1.29, 1.82) is 16.1 Å². The van der Waals surface area contributed by atoms with E-state index in [0.29, 0.717) is 34.7 Å². The highest BCUT2D eigenvalue weighted by Gasteiger charge is 2.15. The molecule has 3 aliphatic heterocycles. The fourth-order valence-electron chi connectivity index (χ4n) is 3.27. The number of nitrogens with one attached hydrogen (secondary N) is 6. The number of rotatable bonds is 1. The number of ether oxygens (including phenoxy) is 1. The number of aromatic nitrogens is 3. The first-order valence-electron chi connectivity index (χ1n) is 9.12. The van der Waals surface area contributed by atoms with Gasteiger partial charge in [0.2, 0.25) is 5.90 Å². The molecule has 0 radical (unpaired) electrons. The molecular formula is C20H17N7O3. The van der Waals surface area contributed by atoms with Crippen LogP contribution in [0.1, 0.15) is 28.2 Å². The van der Waals surface area contributed by atoms with Crippen molar-refractivity contribution in [2.24, 2.45) is 0 Å². The first-order chi connectivity index (χ1) is 14.5. The van der Waals surface area contributed by atoms with Gasteiger partial charge in [-0.2, -0.15) is 5.26 Å². The van der Waals surface area contributed by atoms with Crippen molar-refractivity contribution >= 4 is 29.7 Å². The Bertz CT molecular complexity index is 1470. The molecule has 10 heteroatoms. The lowest BCUT2D eigenvalue weighted by atomic mass is 10.2. The smallest absolute Gasteiger partial charge is 0.257 e. The van der Waals surface area contributed by atoms with Gasteiger partial charge in [-0.25, -0.2) is 0 Å². The Kier molecular flexibility index (Phi) is 4.77. The Morgan fingerprint density at radius 2 is 1.97 bits per heavy atom. The van der Waals surface area contributed by atoms with E-state index in [1.807, 2.05) is 6.07 Å². The minimum absolute atomic E-state index is 0.175. The van der Waals surface area contributed by atoms with E-state index in [0.717, 1.165) is 6.21 Å². The molecule has 1 amide bonds. The third kappa shape index (κ3) is 3.29. The van der Waals surface area contributed by atoms with Gasteiger partial charge in [0.1, 0.15) is 11.8 Å². The Morgan fingerprint density at radius 1 is 1.17 bits per heavy atom. The summed E-state index contributed by atoms with van der Waals surface area (Å²) in [6.07, 6.45) is 2.96. The first kappa shape index (κ1) is 18.9. The average Bonchev–Trinajstić information content (AvgIpc) is 3.28. The number of hydrogen-bond acceptors (Lipinski definition) is 6. The highest BCUT2D eigenvalue weighted by atomic mass is 16.5. The van der Waals surface area contributed by atoms with E-state index in [2.05, 4.69) is 20.3 Å². The third-order valence-corrected chi connectivity index (χ3v) is 4.74. The van der Waals surface area contributed by atoms with Gasteiger partial charge >= 0.3 is 0 Å². The van der Waals surface area contributed by atoms with E-state index in [1.54, 1.807) is 12.1 Å². The van der Waals surface area contributed by atoms with E-state index in [4.69, 9.17) is 15.6 Å². The molecule has 0 spiro atoms. The minimum atomic E-state index is -0.396. The Labute approximate surface area is 168 Å². The Morgan fingerprint density at radius 3 is 2.73 bits per heavy atom. The molecule has 1 aromatic rings. The predicted molar refractivity (Wildman–Crippen MR) is 108 cm³/mol. The third-order valence-electron chi connectivity index (χ3n) is 4.74. The normalized spacial score (nSPS) is 17.6. The zero-order valence-electron chi connectivity index (χ0n) is 15.7. The second-order valence-electron chi connectivity index (χ2n) is 6.64. The fraction of sp³-hybridized carbons (Fsp3) is 0.150. The monoisotopic (exact) mass is 403 g/mol. The molecule has 4 rings (SSSR count). The number of carbonyl (C=O) groups is 1. The van der Waals surface area contributed by atoms with Crippen LogP contribution in [-0.2, 0) is 4.74 Å². The van der Waals surface area contributed by atoms with Crippen LogP contribution < -0.4 is 21.4 Å². The van der Waals surface area contributed by atoms with Gasteiger partial charge in [-0.15, -0.1) is 0 Å². The van der Waals surface area contributed by atoms with Crippen LogP contribution in [0.4, 0.5) is 0 Å². The molecule has 150 valence electrons. The number of aromatic amines is 3. The van der Waals surface area contributed by atoms with E-state index < -0.39 is 5.91 Å². The zero-order valence-corrected chi connectivity index (χ0v) is 15.7. The number of fused-ring (bicyclic) bond motifs is 2. The van der Waals surface area contributed by atoms with Crippen molar-refractivity contribution in [1.82, 2.24) is 20.3 Å². The van der Waals surface area contributed by atoms with E-state index in [-0.39, 0.29) is 40.1 Å². The lowest BCUT2D eigenvalue weighted by Gasteiger charge is -2.08. The van der Waals surface area contributed by atoms with Crippen LogP contribution in [0.25, 0.3) is 11.6 Å². The zero-order chi connectivity index (χ0) is 21.3. The van der Waals surface area contributed by atoms with E-state index >= 15 is 0 Å². The van der Waals surface area contributed by atoms with Crippen LogP contribution in [0.3, 0.4) is 0 Å². The summed E-state index contributed by atoms with van der Waals surface area (Å²) in [5, 5.41) is 29.4. The van der Waals surface area contributed by atoms with Crippen molar-refractivity contribution in [2.75, 3.05) is 13.2 Å². The van der Waals surface area contributed by atoms with Gasteiger partial charge in [0.15, 0.2) is 0 Å². The van der Waals surface area contributed by atoms with Crippen LogP contribution in [-0.4, -0.2) is 46.1 Å². The molecule has 0 unspecified atom stereocenters. The second-order valence-corrected chi connectivity index (χ2v) is 6.64. The molecule has 0 saturated heterocycles. The van der Waals surface area contributed by atoms with Crippen molar-refractivity contribution in [3.05, 3.63) is 66.8 Å². The van der Waals surface area contributed by atoms with Gasteiger partial charge in [-0.3, -0.25) is 15.0 Å². The van der Waals surface area contributed by atoms with Crippen LogP contribution in [0.15, 0.2) is 23.0 Å². The summed E-state index contributed by atoms with van der Waals surface area (Å²) >= 11 is 0. The second kappa shape index (κ2) is 7.56. The number of hydrogen-bond donors (Lipinski definition) is 6. The van der Waals surface area contributed by atoms with Gasteiger partial charge in [-0.05, 0) is 30.7 Å². The molecule has 3 aliphatic rings. The van der Waals surface area contributed by atoms with Gasteiger partial charge in [0, 0.05) is 12.8 Å². The quantitative estimate of drug-likeness (QED) is 0.297. The molecule has 4 heterocycles. The van der Waals surface area contributed by atoms with Gasteiger partial charge in [0.25, 0.3) is 11.5 Å². The fourth-order valence-corrected chi connectivity index (χ4v) is 3.27. The van der Waals surface area contributed by atoms with E-state index in [1.165, 1.54) is 12.1 Å². The minimum Gasteiger partial charge on any atom is -0.477 e. The SMILES string of the molecule is N#Cc1cc2c([nH]1)/C=c1\c(=O)[nH]c3cc/c([nH]c1=3)=C(\C=N)C(=N)OCCCNC2=O. The van der Waals surface area contributed by atoms with Crippen molar-refractivity contribution in [2.45, 2.75) is 6.42 Å². The van der Waals surface area contributed by atoms with Crippen molar-refractivity contribution in [3.63, 3.8) is 0 Å². The largest absolute Gasteiger partial charge is 0.477 e. The van der Waals surface area contributed by atoms with Gasteiger partial charge < -0.3 is 30.4 Å². The molecule has 0 saturated carbocycles. The van der Waals surface area contributed by atoms with E-state index in [9.17, 15) is 14.9 Å². The Balaban J connectivity index is 2.08. The molecule has 0 fully saturated rings. The maximum atomic E-state index is 12.6. The molecule has 6 N–H and O–H groups in total. The number of nitrogens with zero attached hydrogens (tertiary/aromatic N) is 1. The average molecular weight is 403 g/mol. The predicted octanol–water partition coefficient (Wildman–Crippen LogP) is -0.616. The number of carbonyl (C=O) groups excluding carboxylic acids is 1. The molecule has 1 aromatic heterocycles. The van der Waals surface area contributed by atoms with Crippen LogP contribution >= 0.6 is 0 Å². The molecule has 30 heavy (non-hydrogen) atoms. The first-order valence-corrected chi connectivity index (χ1v) is 9.12. The molecule has 0 atom stereocenters. The maximum absolute atomic E-state index is 12.6. The van der Waals surface area contributed by atoms with Gasteiger partial charge in [-0.1, -0.05) is 0 Å². The summed E-state index contributed by atoms with van der Waals surface area (Å²) in [6.45, 7) is 0.466. The summed E-state index contributed by atoms with van der Waals surface area (Å²) in [5.74, 6) is -0.582. The highest BCUT2D eigenvalue weighted by molar-refractivity contribution is 6.32. The molecular weight excluding hydrogens is 386 g/mol.